The molecule has 1 aromatic carbocycles. The van der Waals surface area contributed by atoms with Crippen molar-refractivity contribution >= 4 is 16.9 Å². The highest BCUT2D eigenvalue weighted by atomic mass is 16.5. The van der Waals surface area contributed by atoms with Crippen molar-refractivity contribution in [1.82, 2.24) is 5.16 Å². The Morgan fingerprint density at radius 1 is 1.47 bits per heavy atom. The average Bonchev–Trinajstić information content (AvgIpc) is 2.59. The smallest absolute Gasteiger partial charge is 0.335 e. The number of aromatic carboxylic acids is 1. The maximum Gasteiger partial charge on any atom is 0.335 e. The van der Waals surface area contributed by atoms with E-state index in [1.54, 1.807) is 12.1 Å². The van der Waals surface area contributed by atoms with Crippen LogP contribution in [0.25, 0.3) is 10.9 Å². The zero-order valence-electron chi connectivity index (χ0n) is 8.52. The van der Waals surface area contributed by atoms with Crippen molar-refractivity contribution in [2.75, 3.05) is 0 Å². The average molecular weight is 205 g/mol. The summed E-state index contributed by atoms with van der Waals surface area (Å²) in [6.07, 6.45) is 0. The molecule has 2 rings (SSSR count). The van der Waals surface area contributed by atoms with Gasteiger partial charge in [-0.25, -0.2) is 4.79 Å². The zero-order valence-corrected chi connectivity index (χ0v) is 8.52. The Morgan fingerprint density at radius 2 is 2.20 bits per heavy atom. The third kappa shape index (κ3) is 1.58. The number of fused-ring (bicyclic) bond motifs is 1. The van der Waals surface area contributed by atoms with Gasteiger partial charge in [-0.05, 0) is 18.2 Å². The summed E-state index contributed by atoms with van der Waals surface area (Å²) < 4.78 is 5.17. The Kier molecular flexibility index (Phi) is 2.19. The fourth-order valence-corrected chi connectivity index (χ4v) is 1.51. The largest absolute Gasteiger partial charge is 0.478 e. The molecule has 4 heteroatoms. The standard InChI is InChI=1S/C11H11NO3/c1-6(2)10-8-5-7(11(13)14)3-4-9(8)12-15-10/h3-6H,1-2H3,(H,13,14). The van der Waals surface area contributed by atoms with Crippen molar-refractivity contribution in [3.63, 3.8) is 0 Å². The molecule has 0 radical (unpaired) electrons. The fraction of sp³-hybridized carbons (Fsp3) is 0.273. The normalized spacial score (nSPS) is 11.1. The van der Waals surface area contributed by atoms with Gasteiger partial charge in [0.05, 0.1) is 5.56 Å². The quantitative estimate of drug-likeness (QED) is 0.818. The number of carboxylic acid groups (broad SMARTS) is 1. The lowest BCUT2D eigenvalue weighted by atomic mass is 10.1. The molecule has 2 aromatic rings. The van der Waals surface area contributed by atoms with E-state index in [-0.39, 0.29) is 11.5 Å². The summed E-state index contributed by atoms with van der Waals surface area (Å²) in [6, 6.07) is 4.79. The monoisotopic (exact) mass is 205 g/mol. The number of hydrogen-bond donors (Lipinski definition) is 1. The van der Waals surface area contributed by atoms with Crippen LogP contribution in [0.2, 0.25) is 0 Å². The molecule has 0 spiro atoms. The summed E-state index contributed by atoms with van der Waals surface area (Å²) in [5.41, 5.74) is 0.955. The van der Waals surface area contributed by atoms with Crippen molar-refractivity contribution in [3.8, 4) is 0 Å². The molecule has 0 fully saturated rings. The molecule has 0 aliphatic rings. The van der Waals surface area contributed by atoms with E-state index in [0.717, 1.165) is 11.1 Å². The second-order valence-electron chi connectivity index (χ2n) is 3.74. The van der Waals surface area contributed by atoms with Crippen LogP contribution in [0.1, 0.15) is 35.9 Å². The molecular formula is C11H11NO3. The molecule has 0 aliphatic carbocycles. The number of nitrogens with zero attached hydrogens (tertiary/aromatic N) is 1. The molecule has 0 amide bonds. The lowest BCUT2D eigenvalue weighted by Crippen LogP contribution is -1.95. The summed E-state index contributed by atoms with van der Waals surface area (Å²) in [6.45, 7) is 3.96. The zero-order chi connectivity index (χ0) is 11.0. The highest BCUT2D eigenvalue weighted by molar-refractivity contribution is 5.93. The van der Waals surface area contributed by atoms with Gasteiger partial charge in [0.1, 0.15) is 11.3 Å². The maximum absolute atomic E-state index is 10.8. The van der Waals surface area contributed by atoms with Crippen LogP contribution in [0.4, 0.5) is 0 Å². The van der Waals surface area contributed by atoms with E-state index in [1.807, 2.05) is 13.8 Å². The summed E-state index contributed by atoms with van der Waals surface area (Å²) >= 11 is 0. The lowest BCUT2D eigenvalue weighted by Gasteiger charge is -1.99. The predicted molar refractivity (Wildman–Crippen MR) is 55.1 cm³/mol. The van der Waals surface area contributed by atoms with Gasteiger partial charge in [-0.2, -0.15) is 0 Å². The number of rotatable bonds is 2. The third-order valence-electron chi connectivity index (χ3n) is 2.28. The second kappa shape index (κ2) is 3.38. The van der Waals surface area contributed by atoms with Gasteiger partial charge in [0, 0.05) is 11.3 Å². The van der Waals surface area contributed by atoms with E-state index >= 15 is 0 Å². The van der Waals surface area contributed by atoms with E-state index in [9.17, 15) is 4.79 Å². The van der Waals surface area contributed by atoms with Crippen LogP contribution in [0, 0.1) is 0 Å². The molecule has 4 nitrogen and oxygen atoms in total. The van der Waals surface area contributed by atoms with Crippen LogP contribution in [0.5, 0.6) is 0 Å². The number of carboxylic acids is 1. The number of aromatic nitrogens is 1. The second-order valence-corrected chi connectivity index (χ2v) is 3.74. The first-order valence-corrected chi connectivity index (χ1v) is 4.72. The van der Waals surface area contributed by atoms with E-state index < -0.39 is 5.97 Å². The Balaban J connectivity index is 2.66. The molecule has 0 saturated heterocycles. The van der Waals surface area contributed by atoms with Gasteiger partial charge >= 0.3 is 5.97 Å². The number of carbonyl (C=O) groups is 1. The molecule has 1 heterocycles. The molecule has 0 atom stereocenters. The highest BCUT2D eigenvalue weighted by Gasteiger charge is 2.13. The van der Waals surface area contributed by atoms with Gasteiger partial charge < -0.3 is 9.63 Å². The van der Waals surface area contributed by atoms with E-state index in [1.165, 1.54) is 6.07 Å². The van der Waals surface area contributed by atoms with Gasteiger partial charge in [0.15, 0.2) is 0 Å². The Labute approximate surface area is 86.5 Å². The van der Waals surface area contributed by atoms with Crippen LogP contribution in [0.3, 0.4) is 0 Å². The molecule has 0 unspecified atom stereocenters. The topological polar surface area (TPSA) is 63.3 Å². The molecule has 0 bridgehead atoms. The van der Waals surface area contributed by atoms with E-state index in [2.05, 4.69) is 5.16 Å². The van der Waals surface area contributed by atoms with Crippen LogP contribution in [-0.2, 0) is 0 Å². The minimum atomic E-state index is -0.937. The predicted octanol–water partition coefficient (Wildman–Crippen LogP) is 2.65. The minimum absolute atomic E-state index is 0.194. The molecular weight excluding hydrogens is 194 g/mol. The lowest BCUT2D eigenvalue weighted by molar-refractivity contribution is 0.0697. The summed E-state index contributed by atoms with van der Waals surface area (Å²) in [5, 5.41) is 13.5. The van der Waals surface area contributed by atoms with Crippen molar-refractivity contribution in [3.05, 3.63) is 29.5 Å². The first kappa shape index (κ1) is 9.71. The maximum atomic E-state index is 10.8. The molecule has 0 saturated carbocycles. The van der Waals surface area contributed by atoms with Crippen molar-refractivity contribution in [2.24, 2.45) is 0 Å². The van der Waals surface area contributed by atoms with Gasteiger partial charge in [-0.3, -0.25) is 0 Å². The van der Waals surface area contributed by atoms with Crippen molar-refractivity contribution in [1.29, 1.82) is 0 Å². The van der Waals surface area contributed by atoms with Crippen molar-refractivity contribution < 1.29 is 14.4 Å². The first-order valence-electron chi connectivity index (χ1n) is 4.72. The van der Waals surface area contributed by atoms with E-state index in [4.69, 9.17) is 9.63 Å². The van der Waals surface area contributed by atoms with Gasteiger partial charge in [0.25, 0.3) is 0 Å². The van der Waals surface area contributed by atoms with Crippen LogP contribution in [0.15, 0.2) is 22.7 Å². The summed E-state index contributed by atoms with van der Waals surface area (Å²) in [4.78, 5) is 10.8. The Morgan fingerprint density at radius 3 is 2.80 bits per heavy atom. The third-order valence-corrected chi connectivity index (χ3v) is 2.28. The van der Waals surface area contributed by atoms with Crippen molar-refractivity contribution in [2.45, 2.75) is 19.8 Å². The van der Waals surface area contributed by atoms with Gasteiger partial charge in [-0.15, -0.1) is 0 Å². The Hall–Kier alpha value is -1.84. The van der Waals surface area contributed by atoms with E-state index in [0.29, 0.717) is 5.52 Å². The van der Waals surface area contributed by atoms with Gasteiger partial charge in [-0.1, -0.05) is 19.0 Å². The molecule has 1 N–H and O–H groups in total. The molecule has 78 valence electrons. The first-order chi connectivity index (χ1) is 7.09. The minimum Gasteiger partial charge on any atom is -0.478 e. The number of hydrogen-bond acceptors (Lipinski definition) is 3. The SMILES string of the molecule is CC(C)c1onc2ccc(C(=O)O)cc12. The highest BCUT2D eigenvalue weighted by Crippen LogP contribution is 2.25. The molecule has 15 heavy (non-hydrogen) atoms. The van der Waals surface area contributed by atoms with Crippen LogP contribution < -0.4 is 0 Å². The number of benzene rings is 1. The van der Waals surface area contributed by atoms with Crippen LogP contribution in [-0.4, -0.2) is 16.2 Å². The summed E-state index contributed by atoms with van der Waals surface area (Å²) in [5.74, 6) is -0.0139. The molecule has 1 aromatic heterocycles. The van der Waals surface area contributed by atoms with Crippen LogP contribution >= 0.6 is 0 Å². The fourth-order valence-electron chi connectivity index (χ4n) is 1.51. The molecule has 0 aliphatic heterocycles. The van der Waals surface area contributed by atoms with Gasteiger partial charge in [0.2, 0.25) is 0 Å². The Bertz CT molecular complexity index is 514. The summed E-state index contributed by atoms with van der Waals surface area (Å²) in [7, 11) is 0.